The molecule has 0 spiro atoms. The highest BCUT2D eigenvalue weighted by molar-refractivity contribution is 9.10. The number of nitrogens with two attached hydrogens (primary N) is 1. The van der Waals surface area contributed by atoms with E-state index in [1.54, 1.807) is 13.3 Å². The summed E-state index contributed by atoms with van der Waals surface area (Å²) in [5, 5.41) is 4.16. The Kier molecular flexibility index (Phi) is 8.53. The number of carbonyl (C=O) groups excluding carboxylic acids is 1. The zero-order valence-electron chi connectivity index (χ0n) is 14.5. The van der Waals surface area contributed by atoms with Crippen LogP contribution in [0.5, 0.6) is 0 Å². The van der Waals surface area contributed by atoms with Gasteiger partial charge in [-0.15, -0.1) is 24.8 Å². The highest BCUT2D eigenvalue weighted by Crippen LogP contribution is 2.26. The molecule has 2 atom stereocenters. The number of rotatable bonds is 4. The first-order valence-corrected chi connectivity index (χ1v) is 8.93. The number of benzene rings is 1. The van der Waals surface area contributed by atoms with E-state index in [1.807, 2.05) is 33.8 Å². The molecular weight excluding hydrogens is 441 g/mol. The number of hydrogen-bond acceptors (Lipinski definition) is 4. The number of likely N-dealkylation sites (tertiary alicyclic amines) is 1. The molecule has 2 unspecified atom stereocenters. The number of carbonyl (C=O) groups is 1. The molecule has 1 aliphatic heterocycles. The minimum atomic E-state index is -1.02. The van der Waals surface area contributed by atoms with Crippen molar-refractivity contribution < 1.29 is 4.79 Å². The predicted molar refractivity (Wildman–Crippen MR) is 110 cm³/mol. The summed E-state index contributed by atoms with van der Waals surface area (Å²) in [6.07, 6.45) is 5.33. The van der Waals surface area contributed by atoms with Crippen molar-refractivity contribution in [3.63, 3.8) is 0 Å². The van der Waals surface area contributed by atoms with Gasteiger partial charge in [0.25, 0.3) is 0 Å². The maximum atomic E-state index is 13.0. The number of amides is 1. The molecule has 2 aromatic rings. The molecule has 144 valence electrons. The normalized spacial score (nSPS) is 19.0. The van der Waals surface area contributed by atoms with E-state index in [0.29, 0.717) is 12.5 Å². The molecule has 1 saturated heterocycles. The van der Waals surface area contributed by atoms with Crippen LogP contribution in [0, 0.1) is 5.92 Å². The van der Waals surface area contributed by atoms with Gasteiger partial charge in [-0.2, -0.15) is 5.10 Å². The zero-order chi connectivity index (χ0) is 17.2. The van der Waals surface area contributed by atoms with E-state index in [1.165, 1.54) is 6.33 Å². The van der Waals surface area contributed by atoms with E-state index in [2.05, 4.69) is 26.0 Å². The summed E-state index contributed by atoms with van der Waals surface area (Å²) in [4.78, 5) is 18.9. The van der Waals surface area contributed by atoms with E-state index in [4.69, 9.17) is 5.73 Å². The fourth-order valence-corrected chi connectivity index (χ4v) is 3.50. The second-order valence-electron chi connectivity index (χ2n) is 6.59. The Balaban J connectivity index is 0.00000169. The maximum absolute atomic E-state index is 13.0. The van der Waals surface area contributed by atoms with Crippen LogP contribution in [0.1, 0.15) is 25.3 Å². The summed E-state index contributed by atoms with van der Waals surface area (Å²) in [5.74, 6) is 0.359. The SMILES string of the molecule is CC(N)(C(=O)N1CCCC(Cn2cncn2)C1)c1ccc(Br)cc1.Cl.Cl. The molecule has 1 amide bonds. The molecule has 26 heavy (non-hydrogen) atoms. The van der Waals surface area contributed by atoms with E-state index in [0.717, 1.165) is 36.0 Å². The molecule has 6 nitrogen and oxygen atoms in total. The van der Waals surface area contributed by atoms with Crippen LogP contribution in [0.2, 0.25) is 0 Å². The highest BCUT2D eigenvalue weighted by atomic mass is 79.9. The molecule has 9 heteroatoms. The number of nitrogens with zero attached hydrogens (tertiary/aromatic N) is 4. The molecule has 0 radical (unpaired) electrons. The Bertz CT molecular complexity index is 694. The quantitative estimate of drug-likeness (QED) is 0.754. The average molecular weight is 465 g/mol. The third kappa shape index (κ3) is 5.19. The van der Waals surface area contributed by atoms with Crippen LogP contribution in [-0.2, 0) is 16.9 Å². The topological polar surface area (TPSA) is 77.0 Å². The fraction of sp³-hybridized carbons (Fsp3) is 0.471. The minimum absolute atomic E-state index is 0. The molecule has 0 aliphatic carbocycles. The Morgan fingerprint density at radius 2 is 2.04 bits per heavy atom. The van der Waals surface area contributed by atoms with Gasteiger partial charge in [0.05, 0.1) is 0 Å². The summed E-state index contributed by atoms with van der Waals surface area (Å²) in [5.41, 5.74) is 6.22. The third-order valence-corrected chi connectivity index (χ3v) is 5.13. The Hall–Kier alpha value is -1.15. The van der Waals surface area contributed by atoms with Crippen LogP contribution in [0.4, 0.5) is 0 Å². The lowest BCUT2D eigenvalue weighted by molar-refractivity contribution is -0.138. The highest BCUT2D eigenvalue weighted by Gasteiger charge is 2.36. The van der Waals surface area contributed by atoms with Crippen molar-refractivity contribution in [2.45, 2.75) is 31.8 Å². The second kappa shape index (κ2) is 9.69. The minimum Gasteiger partial charge on any atom is -0.340 e. The van der Waals surface area contributed by atoms with Gasteiger partial charge in [-0.1, -0.05) is 28.1 Å². The van der Waals surface area contributed by atoms with Crippen molar-refractivity contribution in [2.75, 3.05) is 13.1 Å². The largest absolute Gasteiger partial charge is 0.340 e. The Morgan fingerprint density at radius 3 is 2.65 bits per heavy atom. The van der Waals surface area contributed by atoms with Crippen molar-refractivity contribution >= 4 is 46.7 Å². The molecular formula is C17H24BrCl2N5O. The Morgan fingerprint density at radius 1 is 1.35 bits per heavy atom. The zero-order valence-corrected chi connectivity index (χ0v) is 17.8. The van der Waals surface area contributed by atoms with Crippen LogP contribution in [0.25, 0.3) is 0 Å². The van der Waals surface area contributed by atoms with Crippen LogP contribution >= 0.6 is 40.7 Å². The van der Waals surface area contributed by atoms with Crippen molar-refractivity contribution in [2.24, 2.45) is 11.7 Å². The number of piperidine rings is 1. The predicted octanol–water partition coefficient (Wildman–Crippen LogP) is 3.00. The first-order valence-electron chi connectivity index (χ1n) is 8.13. The molecule has 1 aromatic heterocycles. The van der Waals surface area contributed by atoms with Crippen molar-refractivity contribution in [3.8, 4) is 0 Å². The van der Waals surface area contributed by atoms with Crippen LogP contribution in [-0.4, -0.2) is 38.7 Å². The molecule has 2 heterocycles. The van der Waals surface area contributed by atoms with Gasteiger partial charge in [0.15, 0.2) is 0 Å². The summed E-state index contributed by atoms with van der Waals surface area (Å²) in [6, 6.07) is 7.63. The summed E-state index contributed by atoms with van der Waals surface area (Å²) >= 11 is 3.41. The van der Waals surface area contributed by atoms with E-state index in [-0.39, 0.29) is 30.7 Å². The molecule has 2 N–H and O–H groups in total. The smallest absolute Gasteiger partial charge is 0.246 e. The first kappa shape index (κ1) is 22.9. The van der Waals surface area contributed by atoms with Crippen LogP contribution in [0.15, 0.2) is 41.4 Å². The second-order valence-corrected chi connectivity index (χ2v) is 7.50. The van der Waals surface area contributed by atoms with Gasteiger partial charge < -0.3 is 10.6 Å². The lowest BCUT2D eigenvalue weighted by atomic mass is 9.89. The third-order valence-electron chi connectivity index (χ3n) is 4.61. The van der Waals surface area contributed by atoms with Gasteiger partial charge in [-0.05, 0) is 43.4 Å². The molecule has 3 rings (SSSR count). The lowest BCUT2D eigenvalue weighted by Gasteiger charge is -2.37. The monoisotopic (exact) mass is 463 g/mol. The Labute approximate surface area is 174 Å². The number of aromatic nitrogens is 3. The molecule has 1 aromatic carbocycles. The molecule has 0 saturated carbocycles. The number of halogens is 3. The molecule has 1 aliphatic rings. The summed E-state index contributed by atoms with van der Waals surface area (Å²) in [7, 11) is 0. The van der Waals surface area contributed by atoms with Gasteiger partial charge in [0.1, 0.15) is 18.2 Å². The van der Waals surface area contributed by atoms with Gasteiger partial charge in [-0.25, -0.2) is 4.98 Å². The van der Waals surface area contributed by atoms with E-state index in [9.17, 15) is 4.79 Å². The van der Waals surface area contributed by atoms with Gasteiger partial charge >= 0.3 is 0 Å². The summed E-state index contributed by atoms with van der Waals surface area (Å²) < 4.78 is 2.80. The first-order chi connectivity index (χ1) is 11.5. The fourth-order valence-electron chi connectivity index (χ4n) is 3.24. The van der Waals surface area contributed by atoms with E-state index < -0.39 is 5.54 Å². The van der Waals surface area contributed by atoms with Gasteiger partial charge in [0.2, 0.25) is 5.91 Å². The molecule has 1 fully saturated rings. The van der Waals surface area contributed by atoms with Gasteiger partial charge in [0, 0.05) is 24.1 Å². The van der Waals surface area contributed by atoms with Crippen molar-refractivity contribution in [3.05, 3.63) is 47.0 Å². The van der Waals surface area contributed by atoms with Crippen LogP contribution < -0.4 is 5.73 Å². The maximum Gasteiger partial charge on any atom is 0.246 e. The van der Waals surface area contributed by atoms with Crippen LogP contribution in [0.3, 0.4) is 0 Å². The standard InChI is InChI=1S/C17H22BrN5O.2ClH/c1-17(19,14-4-6-15(18)7-5-14)16(24)22-8-2-3-13(9-22)10-23-12-20-11-21-23;;/h4-7,11-13H,2-3,8-10,19H2,1H3;2*1H. The molecule has 0 bridgehead atoms. The van der Waals surface area contributed by atoms with Crippen molar-refractivity contribution in [1.29, 1.82) is 0 Å². The van der Waals surface area contributed by atoms with E-state index >= 15 is 0 Å². The average Bonchev–Trinajstić information content (AvgIpc) is 3.08. The summed E-state index contributed by atoms with van der Waals surface area (Å²) in [6.45, 7) is 4.04. The van der Waals surface area contributed by atoms with Crippen molar-refractivity contribution in [1.82, 2.24) is 19.7 Å². The number of hydrogen-bond donors (Lipinski definition) is 1. The lowest BCUT2D eigenvalue weighted by Crippen LogP contribution is -2.53. The van der Waals surface area contributed by atoms with Gasteiger partial charge in [-0.3, -0.25) is 9.48 Å².